The molecule has 8 nitrogen and oxygen atoms in total. The lowest BCUT2D eigenvalue weighted by molar-refractivity contribution is -0.384. The summed E-state index contributed by atoms with van der Waals surface area (Å²) in [5.74, 6) is -2.34. The standard InChI is InChI=1S/C24H16F3N3O5/c25-24(26,27)15-4-3-5-16(13-15)28-21(31)20(12-14-8-10-17(11-9-14)30(34)35)29-22(32)18-6-1-2-7-19(18)23(29)33/h1-11,13,20H,12H2,(H,28,31)/t20-/m1/s1. The fourth-order valence-corrected chi connectivity index (χ4v) is 3.77. The molecule has 3 amide bonds. The predicted molar refractivity (Wildman–Crippen MR) is 118 cm³/mol. The minimum Gasteiger partial charge on any atom is -0.324 e. The van der Waals surface area contributed by atoms with Crippen LogP contribution in [0.15, 0.2) is 72.8 Å². The van der Waals surface area contributed by atoms with E-state index in [-0.39, 0.29) is 28.9 Å². The van der Waals surface area contributed by atoms with E-state index in [0.717, 1.165) is 23.1 Å². The van der Waals surface area contributed by atoms with Crippen molar-refractivity contribution in [3.8, 4) is 0 Å². The van der Waals surface area contributed by atoms with Gasteiger partial charge in [0, 0.05) is 24.2 Å². The summed E-state index contributed by atoms with van der Waals surface area (Å²) in [6, 6.07) is 13.7. The summed E-state index contributed by atoms with van der Waals surface area (Å²) in [7, 11) is 0. The molecule has 35 heavy (non-hydrogen) atoms. The van der Waals surface area contributed by atoms with Gasteiger partial charge in [-0.25, -0.2) is 0 Å². The quantitative estimate of drug-likeness (QED) is 0.316. The Balaban J connectivity index is 1.68. The molecule has 0 aromatic heterocycles. The molecule has 1 N–H and O–H groups in total. The molecular weight excluding hydrogens is 467 g/mol. The van der Waals surface area contributed by atoms with Crippen molar-refractivity contribution in [1.29, 1.82) is 0 Å². The van der Waals surface area contributed by atoms with Crippen LogP contribution in [0.5, 0.6) is 0 Å². The second kappa shape index (κ2) is 9.01. The third kappa shape index (κ3) is 4.74. The molecule has 3 aromatic rings. The Morgan fingerprint density at radius 2 is 1.54 bits per heavy atom. The first-order valence-electron chi connectivity index (χ1n) is 10.2. The van der Waals surface area contributed by atoms with Crippen LogP contribution in [0.3, 0.4) is 0 Å². The van der Waals surface area contributed by atoms with Gasteiger partial charge in [0.25, 0.3) is 17.5 Å². The molecule has 0 radical (unpaired) electrons. The Kier molecular flexibility index (Phi) is 6.08. The van der Waals surface area contributed by atoms with Gasteiger partial charge in [0.15, 0.2) is 0 Å². The fourth-order valence-electron chi connectivity index (χ4n) is 3.77. The van der Waals surface area contributed by atoms with Crippen molar-refractivity contribution in [1.82, 2.24) is 4.90 Å². The van der Waals surface area contributed by atoms with Gasteiger partial charge in [0.1, 0.15) is 6.04 Å². The maximum absolute atomic E-state index is 13.2. The Morgan fingerprint density at radius 3 is 2.09 bits per heavy atom. The first-order valence-corrected chi connectivity index (χ1v) is 10.2. The van der Waals surface area contributed by atoms with E-state index in [1.54, 1.807) is 12.1 Å². The number of nitrogens with one attached hydrogen (secondary N) is 1. The molecule has 178 valence electrons. The van der Waals surface area contributed by atoms with Crippen LogP contribution >= 0.6 is 0 Å². The number of nitro groups is 1. The maximum atomic E-state index is 13.2. The van der Waals surface area contributed by atoms with Crippen molar-refractivity contribution in [3.05, 3.63) is 105 Å². The van der Waals surface area contributed by atoms with Crippen molar-refractivity contribution in [2.45, 2.75) is 18.6 Å². The van der Waals surface area contributed by atoms with Gasteiger partial charge in [-0.1, -0.05) is 30.3 Å². The number of rotatable bonds is 6. The summed E-state index contributed by atoms with van der Waals surface area (Å²) in [6.45, 7) is 0. The summed E-state index contributed by atoms with van der Waals surface area (Å²) in [5.41, 5.74) is -0.759. The minimum absolute atomic E-state index is 0.0954. The number of nitrogens with zero attached hydrogens (tertiary/aromatic N) is 2. The highest BCUT2D eigenvalue weighted by atomic mass is 19.4. The molecule has 1 aliphatic heterocycles. The Hall–Kier alpha value is -4.54. The number of imide groups is 1. The summed E-state index contributed by atoms with van der Waals surface area (Å²) < 4.78 is 39.2. The topological polar surface area (TPSA) is 110 Å². The largest absolute Gasteiger partial charge is 0.416 e. The van der Waals surface area contributed by atoms with E-state index >= 15 is 0 Å². The first kappa shape index (κ1) is 23.6. The first-order chi connectivity index (χ1) is 16.6. The van der Waals surface area contributed by atoms with Gasteiger partial charge in [-0.15, -0.1) is 0 Å². The molecule has 4 rings (SSSR count). The van der Waals surface area contributed by atoms with Gasteiger partial charge in [-0.2, -0.15) is 13.2 Å². The van der Waals surface area contributed by atoms with Crippen LogP contribution in [0.25, 0.3) is 0 Å². The lowest BCUT2D eigenvalue weighted by Gasteiger charge is -2.25. The van der Waals surface area contributed by atoms with Crippen molar-refractivity contribution >= 4 is 29.1 Å². The Bertz CT molecular complexity index is 1300. The van der Waals surface area contributed by atoms with E-state index in [1.807, 2.05) is 0 Å². The monoisotopic (exact) mass is 483 g/mol. The van der Waals surface area contributed by atoms with E-state index in [9.17, 15) is 37.7 Å². The van der Waals surface area contributed by atoms with Crippen LogP contribution < -0.4 is 5.32 Å². The molecule has 3 aromatic carbocycles. The number of alkyl halides is 3. The third-order valence-corrected chi connectivity index (χ3v) is 5.47. The summed E-state index contributed by atoms with van der Waals surface area (Å²) in [5, 5.41) is 13.3. The summed E-state index contributed by atoms with van der Waals surface area (Å²) in [6.07, 6.45) is -4.85. The van der Waals surface area contributed by atoms with Gasteiger partial charge >= 0.3 is 6.18 Å². The summed E-state index contributed by atoms with van der Waals surface area (Å²) >= 11 is 0. The zero-order valence-electron chi connectivity index (χ0n) is 17.8. The van der Waals surface area contributed by atoms with Crippen molar-refractivity contribution < 1.29 is 32.5 Å². The fraction of sp³-hybridized carbons (Fsp3) is 0.125. The SMILES string of the molecule is O=C(Nc1cccc(C(F)(F)F)c1)[C@@H](Cc1ccc([N+](=O)[O-])cc1)N1C(=O)c2ccccc2C1=O. The molecule has 0 spiro atoms. The van der Waals surface area contributed by atoms with E-state index in [2.05, 4.69) is 5.32 Å². The molecule has 1 aliphatic rings. The Morgan fingerprint density at radius 1 is 0.943 bits per heavy atom. The average Bonchev–Trinajstić information content (AvgIpc) is 3.07. The van der Waals surface area contributed by atoms with E-state index in [1.165, 1.54) is 42.5 Å². The molecule has 0 bridgehead atoms. The van der Waals surface area contributed by atoms with Crippen LogP contribution in [0, 0.1) is 10.1 Å². The zero-order valence-corrected chi connectivity index (χ0v) is 17.8. The molecule has 0 saturated heterocycles. The number of non-ortho nitro benzene ring substituents is 1. The van der Waals surface area contributed by atoms with Gasteiger partial charge in [0.05, 0.1) is 21.6 Å². The van der Waals surface area contributed by atoms with Gasteiger partial charge in [-0.3, -0.25) is 29.4 Å². The number of nitro benzene ring substituents is 1. The van der Waals surface area contributed by atoms with E-state index in [0.29, 0.717) is 5.56 Å². The highest BCUT2D eigenvalue weighted by molar-refractivity contribution is 6.23. The number of hydrogen-bond acceptors (Lipinski definition) is 5. The van der Waals surface area contributed by atoms with Crippen LogP contribution in [0.1, 0.15) is 31.8 Å². The average molecular weight is 483 g/mol. The normalized spacial score (nSPS) is 14.0. The van der Waals surface area contributed by atoms with Crippen molar-refractivity contribution in [3.63, 3.8) is 0 Å². The predicted octanol–water partition coefficient (Wildman–Crippen LogP) is 4.46. The van der Waals surface area contributed by atoms with Crippen molar-refractivity contribution in [2.75, 3.05) is 5.32 Å². The lowest BCUT2D eigenvalue weighted by atomic mass is 10.0. The number of anilines is 1. The number of carbonyl (C=O) groups excluding carboxylic acids is 3. The second-order valence-electron chi connectivity index (χ2n) is 7.74. The second-order valence-corrected chi connectivity index (χ2v) is 7.74. The molecule has 11 heteroatoms. The van der Waals surface area contributed by atoms with Crippen LogP contribution in [0.2, 0.25) is 0 Å². The Labute approximate surface area is 196 Å². The number of benzene rings is 3. The molecule has 0 fully saturated rings. The number of amides is 3. The van der Waals surface area contributed by atoms with Gasteiger partial charge < -0.3 is 5.32 Å². The number of hydrogen-bond donors (Lipinski definition) is 1. The van der Waals surface area contributed by atoms with Crippen LogP contribution in [0.4, 0.5) is 24.5 Å². The van der Waals surface area contributed by atoms with Gasteiger partial charge in [-0.05, 0) is 35.9 Å². The molecule has 1 atom stereocenters. The number of halogens is 3. The molecular formula is C24H16F3N3O5. The smallest absolute Gasteiger partial charge is 0.324 e. The van der Waals surface area contributed by atoms with Crippen molar-refractivity contribution in [2.24, 2.45) is 0 Å². The van der Waals surface area contributed by atoms with Crippen LogP contribution in [-0.4, -0.2) is 33.6 Å². The highest BCUT2D eigenvalue weighted by Gasteiger charge is 2.42. The maximum Gasteiger partial charge on any atom is 0.416 e. The van der Waals surface area contributed by atoms with Crippen LogP contribution in [-0.2, 0) is 17.4 Å². The van der Waals surface area contributed by atoms with E-state index < -0.39 is 40.4 Å². The lowest BCUT2D eigenvalue weighted by Crippen LogP contribution is -2.48. The summed E-state index contributed by atoms with van der Waals surface area (Å²) in [4.78, 5) is 50.3. The minimum atomic E-state index is -4.64. The molecule has 0 unspecified atom stereocenters. The third-order valence-electron chi connectivity index (χ3n) is 5.47. The van der Waals surface area contributed by atoms with Gasteiger partial charge in [0.2, 0.25) is 5.91 Å². The number of carbonyl (C=O) groups is 3. The molecule has 0 saturated carbocycles. The molecule has 0 aliphatic carbocycles. The highest BCUT2D eigenvalue weighted by Crippen LogP contribution is 2.31. The van der Waals surface area contributed by atoms with E-state index in [4.69, 9.17) is 0 Å². The zero-order chi connectivity index (χ0) is 25.3. The molecule has 1 heterocycles. The number of fused-ring (bicyclic) bond motifs is 1.